The van der Waals surface area contributed by atoms with Crippen LogP contribution < -0.4 is 0 Å². The molecule has 1 aromatic carbocycles. The van der Waals surface area contributed by atoms with Gasteiger partial charge in [0.15, 0.2) is 0 Å². The fourth-order valence-electron chi connectivity index (χ4n) is 3.79. The third kappa shape index (κ3) is 3.64. The van der Waals surface area contributed by atoms with Gasteiger partial charge in [-0.1, -0.05) is 55.7 Å². The van der Waals surface area contributed by atoms with Crippen molar-refractivity contribution in [2.24, 2.45) is 11.8 Å². The fraction of sp³-hybridized carbons (Fsp3) is 0.526. The summed E-state index contributed by atoms with van der Waals surface area (Å²) in [5.74, 6) is 0.688. The topological polar surface area (TPSA) is 26.3 Å². The molecule has 0 heterocycles. The Bertz CT molecular complexity index is 552. The molecule has 0 aliphatic heterocycles. The Morgan fingerprint density at radius 2 is 2.00 bits per heavy atom. The van der Waals surface area contributed by atoms with Gasteiger partial charge < -0.3 is 4.74 Å². The minimum Gasteiger partial charge on any atom is -0.371 e. The van der Waals surface area contributed by atoms with Gasteiger partial charge in [0, 0.05) is 30.3 Å². The maximum absolute atomic E-state index is 12.4. The van der Waals surface area contributed by atoms with Crippen molar-refractivity contribution in [1.82, 2.24) is 0 Å². The Morgan fingerprint density at radius 3 is 2.52 bits per heavy atom. The highest BCUT2D eigenvalue weighted by Gasteiger charge is 2.56. The van der Waals surface area contributed by atoms with Gasteiger partial charge in [0.2, 0.25) is 0 Å². The quantitative estimate of drug-likeness (QED) is 0.294. The van der Waals surface area contributed by atoms with Crippen LogP contribution in [-0.4, -0.2) is 25.5 Å². The number of carbonyl (C=O) groups is 1. The van der Waals surface area contributed by atoms with Gasteiger partial charge in [0.25, 0.3) is 0 Å². The molecule has 2 nitrogen and oxygen atoms in total. The van der Waals surface area contributed by atoms with Crippen molar-refractivity contribution in [3.05, 3.63) is 43.0 Å². The first-order chi connectivity index (χ1) is 10.9. The number of hydrogen-bond donors (Lipinski definition) is 0. The molecule has 3 atom stereocenters. The maximum atomic E-state index is 12.4. The normalized spacial score (nSPS) is 24.4. The molecule has 1 unspecified atom stereocenters. The lowest BCUT2D eigenvalue weighted by atomic mass is 9.92. The molecule has 0 bridgehead atoms. The summed E-state index contributed by atoms with van der Waals surface area (Å²) in [6.45, 7) is 10.9. The van der Waals surface area contributed by atoms with Gasteiger partial charge >= 0.3 is 0 Å². The minimum atomic E-state index is -1.73. The van der Waals surface area contributed by atoms with Crippen LogP contribution in [0.4, 0.5) is 0 Å². The summed E-state index contributed by atoms with van der Waals surface area (Å²) >= 11 is 1.83. The van der Waals surface area contributed by atoms with Gasteiger partial charge in [0.05, 0.1) is 8.07 Å². The van der Waals surface area contributed by atoms with Crippen LogP contribution in [0.5, 0.6) is 0 Å². The lowest BCUT2D eigenvalue weighted by molar-refractivity contribution is -0.121. The molecule has 23 heavy (non-hydrogen) atoms. The van der Waals surface area contributed by atoms with Gasteiger partial charge in [-0.3, -0.25) is 4.79 Å². The monoisotopic (exact) mass is 348 g/mol. The molecule has 0 amide bonds. The van der Waals surface area contributed by atoms with E-state index in [1.807, 2.05) is 31.0 Å². The summed E-state index contributed by atoms with van der Waals surface area (Å²) in [5.41, 5.74) is 0. The molecule has 2 rings (SSSR count). The summed E-state index contributed by atoms with van der Waals surface area (Å²) in [4.78, 5) is 13.6. The van der Waals surface area contributed by atoms with E-state index in [-0.39, 0.29) is 16.4 Å². The van der Waals surface area contributed by atoms with Crippen LogP contribution in [0.3, 0.4) is 0 Å². The SMILES string of the molecule is C=CC[C@@H]1C(=O)CC[C@H]1C(OC)(Sc1ccccc1)[Si](C)(C)C. The highest BCUT2D eigenvalue weighted by molar-refractivity contribution is 8.02. The molecule has 126 valence electrons. The van der Waals surface area contributed by atoms with Crippen LogP contribution in [0.25, 0.3) is 0 Å². The summed E-state index contributed by atoms with van der Waals surface area (Å²) < 4.78 is 5.96. The summed E-state index contributed by atoms with van der Waals surface area (Å²) in [5, 5.41) is 0. The molecule has 1 aromatic rings. The summed E-state index contributed by atoms with van der Waals surface area (Å²) in [6, 6.07) is 10.4. The van der Waals surface area contributed by atoms with Crippen LogP contribution in [-0.2, 0) is 9.53 Å². The van der Waals surface area contributed by atoms with Crippen molar-refractivity contribution in [2.75, 3.05) is 7.11 Å². The zero-order valence-electron chi connectivity index (χ0n) is 14.7. The molecule has 0 aromatic heterocycles. The Kier molecular flexibility index (Phi) is 5.92. The van der Waals surface area contributed by atoms with E-state index in [9.17, 15) is 4.79 Å². The van der Waals surface area contributed by atoms with Crippen molar-refractivity contribution in [3.63, 3.8) is 0 Å². The van der Waals surface area contributed by atoms with E-state index in [2.05, 4.69) is 50.5 Å². The molecule has 1 saturated carbocycles. The highest BCUT2D eigenvalue weighted by Crippen LogP contribution is 2.53. The first-order valence-corrected chi connectivity index (χ1v) is 12.6. The van der Waals surface area contributed by atoms with Crippen LogP contribution in [0.15, 0.2) is 47.9 Å². The number of ether oxygens (including phenoxy) is 1. The first-order valence-electron chi connectivity index (χ1n) is 8.28. The van der Waals surface area contributed by atoms with E-state index in [0.717, 1.165) is 12.8 Å². The molecule has 1 aliphatic rings. The maximum Gasteiger partial charge on any atom is 0.136 e. The van der Waals surface area contributed by atoms with Gasteiger partial charge in [-0.15, -0.1) is 6.58 Å². The van der Waals surface area contributed by atoms with E-state index in [1.165, 1.54) is 4.90 Å². The molecule has 0 radical (unpaired) electrons. The fourth-order valence-corrected chi connectivity index (χ4v) is 8.60. The number of rotatable bonds is 7. The second-order valence-corrected chi connectivity index (χ2v) is 14.2. The number of benzene rings is 1. The first kappa shape index (κ1) is 18.5. The van der Waals surface area contributed by atoms with Crippen LogP contribution in [0.2, 0.25) is 19.6 Å². The lowest BCUT2D eigenvalue weighted by Gasteiger charge is -2.47. The van der Waals surface area contributed by atoms with Crippen molar-refractivity contribution >= 4 is 25.6 Å². The highest BCUT2D eigenvalue weighted by atomic mass is 32.2. The predicted molar refractivity (Wildman–Crippen MR) is 101 cm³/mol. The number of methoxy groups -OCH3 is 1. The molecular weight excluding hydrogens is 320 g/mol. The third-order valence-corrected chi connectivity index (χ3v) is 11.0. The van der Waals surface area contributed by atoms with Crippen molar-refractivity contribution in [3.8, 4) is 0 Å². The van der Waals surface area contributed by atoms with Gasteiger partial charge in [0.1, 0.15) is 10.3 Å². The number of hydrogen-bond acceptors (Lipinski definition) is 3. The standard InChI is InChI=1S/C19H28O2SSi/c1-6-10-16-17(13-14-18(16)20)19(21-2,23(3,4)5)22-15-11-8-7-9-12-15/h6-9,11-12,16-17H,1,10,13-14H2,2-5H3/t16-,17+,19?/m0/s1. The molecular formula is C19H28O2SSi. The zero-order chi connectivity index (χ0) is 17.1. The average molecular weight is 349 g/mol. The molecule has 1 fully saturated rings. The third-order valence-electron chi connectivity index (χ3n) is 4.87. The van der Waals surface area contributed by atoms with Crippen molar-refractivity contribution in [2.45, 2.75) is 48.4 Å². The second-order valence-electron chi connectivity index (χ2n) is 7.28. The van der Waals surface area contributed by atoms with Gasteiger partial charge in [-0.2, -0.15) is 0 Å². The van der Waals surface area contributed by atoms with Gasteiger partial charge in [-0.05, 0) is 25.0 Å². The number of allylic oxidation sites excluding steroid dienone is 1. The molecule has 4 heteroatoms. The smallest absolute Gasteiger partial charge is 0.136 e. The minimum absolute atomic E-state index is 0.0513. The number of thioether (sulfide) groups is 1. The summed E-state index contributed by atoms with van der Waals surface area (Å²) in [6.07, 6.45) is 4.25. The molecule has 0 spiro atoms. The largest absolute Gasteiger partial charge is 0.371 e. The number of Topliss-reactive ketones (excluding diaryl/α,β-unsaturated/α-hetero) is 1. The van der Waals surface area contributed by atoms with Crippen molar-refractivity contribution in [1.29, 1.82) is 0 Å². The molecule has 0 saturated heterocycles. The van der Waals surface area contributed by atoms with Crippen LogP contribution >= 0.6 is 11.8 Å². The molecule has 1 aliphatic carbocycles. The Morgan fingerprint density at radius 1 is 1.35 bits per heavy atom. The van der Waals surface area contributed by atoms with Crippen molar-refractivity contribution < 1.29 is 9.53 Å². The van der Waals surface area contributed by atoms with E-state index in [4.69, 9.17) is 4.74 Å². The Hall–Kier alpha value is -0.843. The average Bonchev–Trinajstić information content (AvgIpc) is 2.87. The van der Waals surface area contributed by atoms with E-state index < -0.39 is 8.07 Å². The summed E-state index contributed by atoms with van der Waals surface area (Å²) in [7, 11) is 0.0905. The molecule has 0 N–H and O–H groups in total. The number of carbonyl (C=O) groups excluding carboxylic acids is 1. The van der Waals surface area contributed by atoms with Crippen LogP contribution in [0, 0.1) is 11.8 Å². The lowest BCUT2D eigenvalue weighted by Crippen LogP contribution is -2.57. The van der Waals surface area contributed by atoms with E-state index >= 15 is 0 Å². The second kappa shape index (κ2) is 7.37. The predicted octanol–water partition coefficient (Wildman–Crippen LogP) is 5.17. The Balaban J connectivity index is 2.45. The zero-order valence-corrected chi connectivity index (χ0v) is 16.5. The Labute approximate surface area is 145 Å². The van der Waals surface area contributed by atoms with Crippen LogP contribution in [0.1, 0.15) is 19.3 Å². The number of ketones is 1. The van der Waals surface area contributed by atoms with E-state index in [1.54, 1.807) is 0 Å². The van der Waals surface area contributed by atoms with Gasteiger partial charge in [-0.25, -0.2) is 0 Å². The van der Waals surface area contributed by atoms with E-state index in [0.29, 0.717) is 12.2 Å².